The van der Waals surface area contributed by atoms with Crippen molar-refractivity contribution in [1.29, 1.82) is 0 Å². The Morgan fingerprint density at radius 2 is 0.763 bits per heavy atom. The summed E-state index contributed by atoms with van der Waals surface area (Å²) >= 11 is 0. The molecule has 0 unspecified atom stereocenters. The van der Waals surface area contributed by atoms with E-state index >= 15 is 0 Å². The van der Waals surface area contributed by atoms with Gasteiger partial charge in [-0.05, 0) is 57.3 Å². The molecule has 0 radical (unpaired) electrons. The smallest absolute Gasteiger partial charge is 0.303 e. The average molecular weight is 501 g/mol. The maximum absolute atomic E-state index is 12.3. The normalized spacial score (nSPS) is 25.4. The third-order valence-electron chi connectivity index (χ3n) is 9.51. The van der Waals surface area contributed by atoms with Crippen molar-refractivity contribution in [3.63, 3.8) is 0 Å². The lowest BCUT2D eigenvalue weighted by molar-refractivity contribution is -0.139. The third kappa shape index (κ3) is 2.75. The topological polar surface area (TPSA) is 74.6 Å². The molecule has 4 nitrogen and oxygen atoms in total. The molecule has 0 aliphatic heterocycles. The van der Waals surface area contributed by atoms with Gasteiger partial charge in [0.05, 0.1) is 0 Å². The maximum Gasteiger partial charge on any atom is 0.303 e. The number of carboxylic acids is 2. The summed E-state index contributed by atoms with van der Waals surface area (Å²) in [4.78, 5) is 24.5. The molecule has 0 saturated heterocycles. The molecule has 4 bridgehead atoms. The van der Waals surface area contributed by atoms with Crippen molar-refractivity contribution in [3.05, 3.63) is 142 Å². The quantitative estimate of drug-likeness (QED) is 0.313. The fraction of sp³-hybridized carbons (Fsp3) is 0.235. The van der Waals surface area contributed by atoms with Crippen molar-refractivity contribution >= 4 is 11.9 Å². The zero-order valence-electron chi connectivity index (χ0n) is 20.9. The van der Waals surface area contributed by atoms with Gasteiger partial charge in [0.15, 0.2) is 0 Å². The average Bonchev–Trinajstić information content (AvgIpc) is 2.93. The highest BCUT2D eigenvalue weighted by atomic mass is 16.4. The van der Waals surface area contributed by atoms with Crippen LogP contribution in [-0.4, -0.2) is 22.2 Å². The molecule has 0 aromatic heterocycles. The second-order valence-corrected chi connectivity index (χ2v) is 10.9. The standard InChI is InChI=1S/C34H28O4/c35-29(36)17-19-33-25-13-5-1-9-21(25)31(22-10-2-6-14-26(22)33)32-23-11-3-7-15-27(23)34(33,20-18-30(37)38)28-16-8-4-12-24(28)32/h1-16,31-32H,17-20H2,(H,35,36)(H,37,38). The van der Waals surface area contributed by atoms with Crippen LogP contribution in [0.3, 0.4) is 0 Å². The van der Waals surface area contributed by atoms with Gasteiger partial charge in [-0.25, -0.2) is 0 Å². The minimum atomic E-state index is -0.845. The van der Waals surface area contributed by atoms with Crippen LogP contribution in [0.5, 0.6) is 0 Å². The molecule has 0 spiro atoms. The van der Waals surface area contributed by atoms with E-state index in [4.69, 9.17) is 0 Å². The molecule has 10 rings (SSSR count). The second kappa shape index (κ2) is 8.16. The fourth-order valence-corrected chi connectivity index (χ4v) is 8.44. The van der Waals surface area contributed by atoms with Gasteiger partial charge in [0, 0.05) is 35.5 Å². The van der Waals surface area contributed by atoms with E-state index in [1.165, 1.54) is 22.3 Å². The lowest BCUT2D eigenvalue weighted by Crippen LogP contribution is -2.58. The minimum Gasteiger partial charge on any atom is -0.481 e. The second-order valence-electron chi connectivity index (χ2n) is 10.9. The summed E-state index contributed by atoms with van der Waals surface area (Å²) in [7, 11) is 0. The van der Waals surface area contributed by atoms with Crippen molar-refractivity contribution in [1.82, 2.24) is 0 Å². The van der Waals surface area contributed by atoms with E-state index in [1.807, 2.05) is 0 Å². The van der Waals surface area contributed by atoms with E-state index in [9.17, 15) is 19.8 Å². The van der Waals surface area contributed by atoms with Crippen molar-refractivity contribution in [2.45, 2.75) is 48.3 Å². The molecule has 4 aromatic carbocycles. The van der Waals surface area contributed by atoms with Gasteiger partial charge in [-0.15, -0.1) is 0 Å². The number of aliphatic carboxylic acids is 2. The minimum absolute atomic E-state index is 0.0179. The Labute approximate surface area is 221 Å². The van der Waals surface area contributed by atoms with Gasteiger partial charge in [-0.3, -0.25) is 9.59 Å². The lowest BCUT2D eigenvalue weighted by Gasteiger charge is -2.63. The molecule has 6 aliphatic carbocycles. The van der Waals surface area contributed by atoms with Gasteiger partial charge in [0.25, 0.3) is 0 Å². The number of benzene rings is 4. The van der Waals surface area contributed by atoms with Gasteiger partial charge in [0.1, 0.15) is 0 Å². The van der Waals surface area contributed by atoms with Crippen LogP contribution >= 0.6 is 0 Å². The Bertz CT molecular complexity index is 1400. The number of hydrogen-bond acceptors (Lipinski definition) is 2. The van der Waals surface area contributed by atoms with Gasteiger partial charge in [-0.2, -0.15) is 0 Å². The summed E-state index contributed by atoms with van der Waals surface area (Å²) in [6.07, 6.45) is 0.706. The molecule has 38 heavy (non-hydrogen) atoms. The first kappa shape index (κ1) is 23.0. The van der Waals surface area contributed by atoms with Crippen molar-refractivity contribution in [2.24, 2.45) is 0 Å². The molecule has 0 amide bonds. The van der Waals surface area contributed by atoms with Crippen LogP contribution in [0.4, 0.5) is 0 Å². The van der Waals surface area contributed by atoms with Gasteiger partial charge < -0.3 is 10.2 Å². The molecule has 0 atom stereocenters. The molecule has 4 aromatic rings. The first-order chi connectivity index (χ1) is 18.5. The SMILES string of the molecule is O=C(O)CCC12c3ccccc3C(c3ccccc31)C1c3ccccc3C2(CCC(=O)O)c2ccccc21. The van der Waals surface area contributed by atoms with Crippen molar-refractivity contribution < 1.29 is 19.8 Å². The lowest BCUT2D eigenvalue weighted by atomic mass is 9.39. The molecular formula is C34H28O4. The van der Waals surface area contributed by atoms with E-state index < -0.39 is 22.8 Å². The molecule has 4 heteroatoms. The van der Waals surface area contributed by atoms with E-state index in [0.29, 0.717) is 12.8 Å². The van der Waals surface area contributed by atoms with Crippen LogP contribution in [0.1, 0.15) is 82.0 Å². The molecule has 0 saturated carbocycles. The molecule has 6 aliphatic rings. The zero-order valence-corrected chi connectivity index (χ0v) is 20.9. The number of rotatable bonds is 6. The van der Waals surface area contributed by atoms with E-state index in [-0.39, 0.29) is 24.7 Å². The first-order valence-corrected chi connectivity index (χ1v) is 13.3. The third-order valence-corrected chi connectivity index (χ3v) is 9.51. The Hall–Kier alpha value is -4.18. The molecular weight excluding hydrogens is 472 g/mol. The number of carbonyl (C=O) groups is 2. The van der Waals surface area contributed by atoms with Crippen LogP contribution in [0.25, 0.3) is 0 Å². The maximum atomic E-state index is 12.3. The van der Waals surface area contributed by atoms with Crippen LogP contribution in [-0.2, 0) is 20.4 Å². The monoisotopic (exact) mass is 500 g/mol. The fourth-order valence-electron chi connectivity index (χ4n) is 8.44. The number of carboxylic acid groups (broad SMARTS) is 2. The summed E-state index contributed by atoms with van der Waals surface area (Å²) in [5.41, 5.74) is 7.96. The van der Waals surface area contributed by atoms with Crippen molar-refractivity contribution in [2.75, 3.05) is 0 Å². The first-order valence-electron chi connectivity index (χ1n) is 13.3. The number of hydrogen-bond donors (Lipinski definition) is 2. The highest BCUT2D eigenvalue weighted by molar-refractivity contribution is 5.76. The Morgan fingerprint density at radius 1 is 0.500 bits per heavy atom. The van der Waals surface area contributed by atoms with Gasteiger partial charge >= 0.3 is 11.9 Å². The van der Waals surface area contributed by atoms with Crippen LogP contribution in [0, 0.1) is 0 Å². The zero-order chi connectivity index (χ0) is 26.1. The Morgan fingerprint density at radius 3 is 1.03 bits per heavy atom. The van der Waals surface area contributed by atoms with Crippen LogP contribution in [0.2, 0.25) is 0 Å². The highest BCUT2D eigenvalue weighted by Crippen LogP contribution is 2.70. The van der Waals surface area contributed by atoms with Crippen molar-refractivity contribution in [3.8, 4) is 0 Å². The predicted molar refractivity (Wildman–Crippen MR) is 145 cm³/mol. The highest BCUT2D eigenvalue weighted by Gasteiger charge is 2.64. The molecule has 188 valence electrons. The molecule has 0 heterocycles. The summed E-state index contributed by atoms with van der Waals surface area (Å²) in [5, 5.41) is 20.1. The predicted octanol–water partition coefficient (Wildman–Crippen LogP) is 6.59. The summed E-state index contributed by atoms with van der Waals surface area (Å²) in [5.74, 6) is -1.55. The van der Waals surface area contributed by atoms with E-state index in [1.54, 1.807) is 0 Å². The molecule has 2 N–H and O–H groups in total. The van der Waals surface area contributed by atoms with Crippen LogP contribution in [0.15, 0.2) is 97.1 Å². The molecule has 0 fully saturated rings. The van der Waals surface area contributed by atoms with Gasteiger partial charge in [0.2, 0.25) is 0 Å². The van der Waals surface area contributed by atoms with Gasteiger partial charge in [-0.1, -0.05) is 97.1 Å². The van der Waals surface area contributed by atoms with E-state index in [2.05, 4.69) is 97.1 Å². The summed E-state index contributed by atoms with van der Waals surface area (Å²) in [6, 6.07) is 34.1. The summed E-state index contributed by atoms with van der Waals surface area (Å²) in [6.45, 7) is 0. The Balaban J connectivity index is 1.74. The summed E-state index contributed by atoms with van der Waals surface area (Å²) < 4.78 is 0. The largest absolute Gasteiger partial charge is 0.481 e. The Kier molecular flexibility index (Phi) is 4.93. The van der Waals surface area contributed by atoms with Crippen LogP contribution < -0.4 is 0 Å². The van der Waals surface area contributed by atoms with E-state index in [0.717, 1.165) is 22.3 Å².